The number of nitrogens with zero attached hydrogens (tertiary/aromatic N) is 5. The number of benzene rings is 1. The number of rotatable bonds is 3. The van der Waals surface area contributed by atoms with E-state index in [0.29, 0.717) is 11.6 Å². The predicted octanol–water partition coefficient (Wildman–Crippen LogP) is 3.71. The number of pyridine rings is 1. The van der Waals surface area contributed by atoms with Gasteiger partial charge in [-0.05, 0) is 29.8 Å². The van der Waals surface area contributed by atoms with Crippen LogP contribution in [-0.4, -0.2) is 24.9 Å². The van der Waals surface area contributed by atoms with E-state index in [1.54, 1.807) is 18.7 Å². The van der Waals surface area contributed by atoms with Crippen molar-refractivity contribution in [1.29, 1.82) is 0 Å². The summed E-state index contributed by atoms with van der Waals surface area (Å²) in [6.45, 7) is 6.94. The number of hydrogen-bond acceptors (Lipinski definition) is 5. The number of fused-ring (bicyclic) bond motifs is 1. The first-order valence-corrected chi connectivity index (χ1v) is 7.17. The Hall–Kier alpha value is -3.79. The molecule has 0 radical (unpaired) electrons. The van der Waals surface area contributed by atoms with Crippen molar-refractivity contribution in [2.75, 3.05) is 5.32 Å². The lowest BCUT2D eigenvalue weighted by atomic mass is 10.0. The van der Waals surface area contributed by atoms with Gasteiger partial charge in [-0.2, -0.15) is 0 Å². The molecule has 0 aliphatic rings. The van der Waals surface area contributed by atoms with Crippen molar-refractivity contribution in [3.8, 4) is 11.1 Å². The first-order chi connectivity index (χ1) is 11.8. The molecule has 7 nitrogen and oxygen atoms in total. The summed E-state index contributed by atoms with van der Waals surface area (Å²) in [5.74, 6) is 0.432. The minimum atomic E-state index is 0.405. The number of imidazole rings is 1. The SMILES string of the molecule is [C-]#[N+]c1cnc(Nc2cc(-c3ccncc3)c3nc[nH]c3c2)nc1. The fourth-order valence-corrected chi connectivity index (χ4v) is 2.45. The van der Waals surface area contributed by atoms with Gasteiger partial charge in [0.1, 0.15) is 0 Å². The maximum absolute atomic E-state index is 6.94. The topological polar surface area (TPSA) is 83.7 Å². The summed E-state index contributed by atoms with van der Waals surface area (Å²) in [5.41, 5.74) is 5.03. The summed E-state index contributed by atoms with van der Waals surface area (Å²) in [6.07, 6.45) is 8.14. The van der Waals surface area contributed by atoms with E-state index in [1.165, 1.54) is 12.4 Å². The van der Waals surface area contributed by atoms with Gasteiger partial charge in [-0.25, -0.2) is 19.8 Å². The van der Waals surface area contributed by atoms with Crippen LogP contribution < -0.4 is 5.32 Å². The summed E-state index contributed by atoms with van der Waals surface area (Å²) in [4.78, 5) is 23.2. The van der Waals surface area contributed by atoms with E-state index < -0.39 is 0 Å². The van der Waals surface area contributed by atoms with Crippen molar-refractivity contribution in [2.45, 2.75) is 0 Å². The van der Waals surface area contributed by atoms with Gasteiger partial charge in [0, 0.05) is 36.0 Å². The number of H-pyrrole nitrogens is 1. The number of aromatic amines is 1. The molecule has 0 amide bonds. The lowest BCUT2D eigenvalue weighted by Crippen LogP contribution is -1.96. The Morgan fingerprint density at radius 3 is 2.58 bits per heavy atom. The van der Waals surface area contributed by atoms with E-state index in [9.17, 15) is 0 Å². The minimum Gasteiger partial charge on any atom is -0.345 e. The average Bonchev–Trinajstić information content (AvgIpc) is 3.11. The highest BCUT2D eigenvalue weighted by Gasteiger charge is 2.09. The standard InChI is InChI=1S/C17H11N7/c1-18-13-8-20-17(21-9-13)24-12-6-14(11-2-4-19-5-3-11)16-15(7-12)22-10-23-16/h2-10H,(H,22,23)(H,20,21,24). The molecule has 1 aromatic carbocycles. The van der Waals surface area contributed by atoms with Crippen LogP contribution in [0.5, 0.6) is 0 Å². The van der Waals surface area contributed by atoms with Crippen LogP contribution in [0.2, 0.25) is 0 Å². The lowest BCUT2D eigenvalue weighted by Gasteiger charge is -2.09. The Labute approximate surface area is 137 Å². The van der Waals surface area contributed by atoms with E-state index in [-0.39, 0.29) is 0 Å². The van der Waals surface area contributed by atoms with Gasteiger partial charge in [0.25, 0.3) is 0 Å². The molecular formula is C17H11N7. The Kier molecular flexibility index (Phi) is 3.33. The molecule has 114 valence electrons. The van der Waals surface area contributed by atoms with Crippen LogP contribution in [0.1, 0.15) is 0 Å². The summed E-state index contributed by atoms with van der Waals surface area (Å²) in [5, 5.41) is 3.16. The molecule has 2 N–H and O–H groups in total. The third kappa shape index (κ3) is 2.53. The van der Waals surface area contributed by atoms with Crippen LogP contribution in [0.4, 0.5) is 17.3 Å². The van der Waals surface area contributed by atoms with Crippen LogP contribution in [0.25, 0.3) is 27.0 Å². The second-order valence-electron chi connectivity index (χ2n) is 5.06. The normalized spacial score (nSPS) is 10.5. The fourth-order valence-electron chi connectivity index (χ4n) is 2.45. The van der Waals surface area contributed by atoms with Gasteiger partial charge >= 0.3 is 0 Å². The van der Waals surface area contributed by atoms with Crippen LogP contribution in [0.3, 0.4) is 0 Å². The highest BCUT2D eigenvalue weighted by molar-refractivity contribution is 5.95. The van der Waals surface area contributed by atoms with Gasteiger partial charge in [0.15, 0.2) is 0 Å². The Balaban J connectivity index is 1.77. The number of aromatic nitrogens is 5. The fraction of sp³-hybridized carbons (Fsp3) is 0. The average molecular weight is 313 g/mol. The molecule has 0 saturated heterocycles. The molecule has 0 aliphatic carbocycles. The van der Waals surface area contributed by atoms with Crippen molar-refractivity contribution < 1.29 is 0 Å². The molecule has 7 heteroatoms. The first kappa shape index (κ1) is 13.8. The number of hydrogen-bond donors (Lipinski definition) is 2. The van der Waals surface area contributed by atoms with Gasteiger partial charge in [-0.15, -0.1) is 0 Å². The monoisotopic (exact) mass is 313 g/mol. The largest absolute Gasteiger partial charge is 0.345 e. The van der Waals surface area contributed by atoms with Crippen LogP contribution in [-0.2, 0) is 0 Å². The second-order valence-corrected chi connectivity index (χ2v) is 5.06. The van der Waals surface area contributed by atoms with Crippen molar-refractivity contribution in [1.82, 2.24) is 24.9 Å². The highest BCUT2D eigenvalue weighted by atomic mass is 15.1. The first-order valence-electron chi connectivity index (χ1n) is 7.17. The quantitative estimate of drug-likeness (QED) is 0.563. The molecule has 0 bridgehead atoms. The van der Waals surface area contributed by atoms with E-state index in [4.69, 9.17) is 6.57 Å². The smallest absolute Gasteiger partial charge is 0.224 e. The summed E-state index contributed by atoms with van der Waals surface area (Å²) in [7, 11) is 0. The molecule has 0 spiro atoms. The minimum absolute atomic E-state index is 0.405. The molecular weight excluding hydrogens is 302 g/mol. The molecule has 3 heterocycles. The predicted molar refractivity (Wildman–Crippen MR) is 90.9 cm³/mol. The van der Waals surface area contributed by atoms with Gasteiger partial charge in [-0.1, -0.05) is 0 Å². The van der Waals surface area contributed by atoms with Gasteiger partial charge < -0.3 is 10.3 Å². The Morgan fingerprint density at radius 2 is 1.83 bits per heavy atom. The van der Waals surface area contributed by atoms with Crippen molar-refractivity contribution in [3.05, 3.63) is 66.8 Å². The molecule has 3 aromatic heterocycles. The molecule has 0 atom stereocenters. The highest BCUT2D eigenvalue weighted by Crippen LogP contribution is 2.30. The van der Waals surface area contributed by atoms with E-state index in [1.807, 2.05) is 24.3 Å². The van der Waals surface area contributed by atoms with Crippen LogP contribution in [0.15, 0.2) is 55.4 Å². The molecule has 0 unspecified atom stereocenters. The van der Waals surface area contributed by atoms with Crippen molar-refractivity contribution in [2.24, 2.45) is 0 Å². The van der Waals surface area contributed by atoms with Gasteiger partial charge in [-0.3, -0.25) is 4.98 Å². The maximum Gasteiger partial charge on any atom is 0.224 e. The number of nitrogens with one attached hydrogen (secondary N) is 2. The summed E-state index contributed by atoms with van der Waals surface area (Å²) in [6, 6.07) is 7.81. The zero-order valence-corrected chi connectivity index (χ0v) is 12.4. The van der Waals surface area contributed by atoms with Crippen molar-refractivity contribution >= 4 is 28.4 Å². The maximum atomic E-state index is 6.94. The molecule has 4 rings (SSSR count). The molecule has 24 heavy (non-hydrogen) atoms. The molecule has 0 aliphatic heterocycles. The van der Waals surface area contributed by atoms with E-state index in [2.05, 4.69) is 35.1 Å². The van der Waals surface area contributed by atoms with E-state index >= 15 is 0 Å². The summed E-state index contributed by atoms with van der Waals surface area (Å²) < 4.78 is 0. The molecule has 4 aromatic rings. The zero-order valence-electron chi connectivity index (χ0n) is 12.4. The Morgan fingerprint density at radius 1 is 1.04 bits per heavy atom. The van der Waals surface area contributed by atoms with E-state index in [0.717, 1.165) is 27.8 Å². The molecule has 0 fully saturated rings. The second kappa shape index (κ2) is 5.78. The number of anilines is 2. The van der Waals surface area contributed by atoms with Crippen LogP contribution >= 0.6 is 0 Å². The van der Waals surface area contributed by atoms with Gasteiger partial charge in [0.2, 0.25) is 11.6 Å². The third-order valence-corrected chi connectivity index (χ3v) is 3.54. The third-order valence-electron chi connectivity index (χ3n) is 3.54. The lowest BCUT2D eigenvalue weighted by molar-refractivity contribution is 1.17. The van der Waals surface area contributed by atoms with Crippen LogP contribution in [0, 0.1) is 6.57 Å². The van der Waals surface area contributed by atoms with Crippen molar-refractivity contribution in [3.63, 3.8) is 0 Å². The Bertz CT molecular complexity index is 1030. The summed E-state index contributed by atoms with van der Waals surface area (Å²) >= 11 is 0. The van der Waals surface area contributed by atoms with Gasteiger partial charge in [0.05, 0.1) is 23.9 Å². The molecule has 0 saturated carbocycles. The zero-order chi connectivity index (χ0) is 16.4.